The van der Waals surface area contributed by atoms with Crippen LogP contribution in [0.2, 0.25) is 10.0 Å². The number of benzene rings is 4. The Balaban J connectivity index is 0.000000101. The Morgan fingerprint density at radius 2 is 0.977 bits per heavy atom. The van der Waals surface area contributed by atoms with Gasteiger partial charge in [0.1, 0.15) is 72.6 Å². The van der Waals surface area contributed by atoms with E-state index < -0.39 is 18.0 Å². The SMILES string of the molecule is Cc1cc(Cl)ccc1-c1c2n(c3cccnc13)CCN(c1ncccn1)C2=O.N#Cc1ccc(-c2c3n(c4scnc24)CCN(C2CC2)C3=O)cc1F.N#Cc1ccc(-c2c3n(c4scnc24)CCN(C2CC2)C3=O)cn1.N#Cc1ccc(-c2c3ncccc3n3ccn(C4CC4)c(=O)c23)cc1.O=C(O)C(F)(F)F.O=C1c2c(-c3ccc(Cl)cc3)c3ncccc3n2CC2CCN12. The van der Waals surface area contributed by atoms with Gasteiger partial charge in [-0.1, -0.05) is 59.6 Å². The molecule has 8 aliphatic rings. The molecule has 1 atom stereocenters. The standard InChI is InChI=1S/C21H16ClN5O.C20H14N4O.C18H14ClN3O.C18H13FN4OS.C17H13N5OS.C2HF3O2/c1-13-12-14(22)5-6-15(13)17-18-16(4-2-7-23-18)26-10-11-27(20(28)19(17)26)21-24-8-3-9-25-21;21-12-13-3-5-14(6-4-13)17-18-16(2-1-9-22-18)24-11-10-23(15-7-8-15)20(25)19(17)24;19-12-5-3-11(4-6-12)15-16-14(2-1-8-20-16)22-10-13-7-9-21(13)18(23)17(15)22;19-13-7-10(1-2-11(13)8-20)14-15-18(25-9-21-15)23-6-5-22(12-3-4-12)17(24)16(14)23;18-7-11-2-1-10(8-19-11)13-14-17(24-9-20-14)22-6-5-21(12-3-4-12)16(23)15(13)22;3-2(4,5)1(6)7/h2-9,12H,10-11H2,1H3;1-6,9-11,15H,7-8H2;1-6,8,13H,7,9-10H2;1-2,7,9,12H,3-6H2;1-2,8-9,12H,3-6H2;(H,6,7). The van der Waals surface area contributed by atoms with Gasteiger partial charge in [0.2, 0.25) is 5.95 Å². The number of carbonyl (C=O) groups is 5. The number of nitrogens with zero attached hydrogens (tertiary/aromatic N) is 21. The van der Waals surface area contributed by atoms with Gasteiger partial charge in [-0.2, -0.15) is 29.0 Å². The molecular formula is C96H71Cl2F4N21O7S2. The van der Waals surface area contributed by atoms with Gasteiger partial charge in [-0.25, -0.2) is 34.1 Å². The highest BCUT2D eigenvalue weighted by Crippen LogP contribution is 2.47. The van der Waals surface area contributed by atoms with E-state index in [1.54, 1.807) is 89.3 Å². The van der Waals surface area contributed by atoms with Crippen molar-refractivity contribution in [2.24, 2.45) is 0 Å². The molecule has 1 N–H and O–H groups in total. The Morgan fingerprint density at radius 1 is 0.470 bits per heavy atom. The molecule has 5 aliphatic heterocycles. The van der Waals surface area contributed by atoms with E-state index in [1.165, 1.54) is 23.5 Å². The molecule has 25 rings (SSSR count). The van der Waals surface area contributed by atoms with Crippen molar-refractivity contribution in [2.45, 2.75) is 108 Å². The Morgan fingerprint density at radius 3 is 1.52 bits per heavy atom. The number of alkyl halides is 3. The highest BCUT2D eigenvalue weighted by molar-refractivity contribution is 7.16. The molecular weight excluding hydrogens is 1770 g/mol. The second-order valence-electron chi connectivity index (χ2n) is 32.6. The minimum absolute atomic E-state index is 0.00119. The number of anilines is 1. The maximum atomic E-state index is 14.2. The zero-order valence-corrected chi connectivity index (χ0v) is 73.0. The van der Waals surface area contributed by atoms with Gasteiger partial charge in [0.25, 0.3) is 29.2 Å². The first-order valence-electron chi connectivity index (χ1n) is 42.3. The largest absolute Gasteiger partial charge is 0.490 e. The molecule has 132 heavy (non-hydrogen) atoms. The quantitative estimate of drug-likeness (QED) is 0.131. The van der Waals surface area contributed by atoms with E-state index in [2.05, 4.69) is 55.1 Å². The third-order valence-electron chi connectivity index (χ3n) is 24.7. The molecule has 3 aliphatic carbocycles. The third kappa shape index (κ3) is 15.3. The van der Waals surface area contributed by atoms with Crippen LogP contribution in [-0.4, -0.2) is 167 Å². The van der Waals surface area contributed by atoms with Crippen LogP contribution in [0.15, 0.2) is 205 Å². The lowest BCUT2D eigenvalue weighted by Gasteiger charge is -2.45. The summed E-state index contributed by atoms with van der Waals surface area (Å²) in [6.45, 7) is 7.88. The van der Waals surface area contributed by atoms with Crippen LogP contribution in [0.4, 0.5) is 23.5 Å². The minimum Gasteiger partial charge on any atom is -0.475 e. The normalized spacial score (nSPS) is 15.9. The lowest BCUT2D eigenvalue weighted by molar-refractivity contribution is -0.192. The van der Waals surface area contributed by atoms with E-state index in [0.717, 1.165) is 187 Å². The Bertz CT molecular complexity index is 7780. The number of nitriles is 3. The van der Waals surface area contributed by atoms with Crippen molar-refractivity contribution in [3.63, 3.8) is 0 Å². The van der Waals surface area contributed by atoms with Gasteiger partial charge >= 0.3 is 12.1 Å². The number of aliphatic carboxylic acids is 1. The van der Waals surface area contributed by atoms with Crippen LogP contribution in [0.25, 0.3) is 115 Å². The van der Waals surface area contributed by atoms with E-state index in [4.69, 9.17) is 48.9 Å². The molecule has 1 saturated heterocycles. The summed E-state index contributed by atoms with van der Waals surface area (Å²) in [6, 6.07) is 49.5. The van der Waals surface area contributed by atoms with Gasteiger partial charge in [-0.05, 0) is 183 Å². The summed E-state index contributed by atoms with van der Waals surface area (Å²) < 4.78 is 58.0. The summed E-state index contributed by atoms with van der Waals surface area (Å²) in [4.78, 5) is 120. The predicted octanol–water partition coefficient (Wildman–Crippen LogP) is 17.9. The summed E-state index contributed by atoms with van der Waals surface area (Å²) in [6.07, 6.45) is 16.5. The average Bonchev–Trinajstić information content (AvgIpc) is 1.58. The fourth-order valence-corrected chi connectivity index (χ4v) is 20.1. The smallest absolute Gasteiger partial charge is 0.475 e. The molecule has 0 radical (unpaired) electrons. The summed E-state index contributed by atoms with van der Waals surface area (Å²) in [5, 5.41) is 35.4. The van der Waals surface area contributed by atoms with Crippen molar-refractivity contribution in [1.82, 2.24) is 81.8 Å². The number of carboxylic acid groups (broad SMARTS) is 1. The molecule has 4 amide bonds. The number of aryl methyl sites for hydroxylation is 1. The van der Waals surface area contributed by atoms with Crippen LogP contribution in [0.5, 0.6) is 0 Å². The molecule has 3 saturated carbocycles. The van der Waals surface area contributed by atoms with Gasteiger partial charge in [-0.15, -0.1) is 22.7 Å². The van der Waals surface area contributed by atoms with Crippen LogP contribution in [-0.2, 0) is 31.0 Å². The number of carboxylic acids is 1. The van der Waals surface area contributed by atoms with Crippen molar-refractivity contribution in [3.8, 4) is 73.8 Å². The molecule has 28 nitrogen and oxygen atoms in total. The van der Waals surface area contributed by atoms with E-state index >= 15 is 0 Å². The Hall–Kier alpha value is -15.2. The van der Waals surface area contributed by atoms with Crippen molar-refractivity contribution in [3.05, 3.63) is 271 Å². The fourth-order valence-electron chi connectivity index (χ4n) is 18.1. The second kappa shape index (κ2) is 34.4. The number of pyridine rings is 4. The Kier molecular flexibility index (Phi) is 22.1. The number of amides is 4. The number of thiazole rings is 2. The summed E-state index contributed by atoms with van der Waals surface area (Å²) >= 11 is 15.2. The number of halogens is 6. The molecule has 0 spiro atoms. The summed E-state index contributed by atoms with van der Waals surface area (Å²) in [5.41, 5.74) is 24.2. The molecule has 0 bridgehead atoms. The predicted molar refractivity (Wildman–Crippen MR) is 489 cm³/mol. The first-order chi connectivity index (χ1) is 64.1. The van der Waals surface area contributed by atoms with Crippen molar-refractivity contribution < 1.29 is 46.6 Å². The maximum absolute atomic E-state index is 14.2. The molecule has 18 heterocycles. The van der Waals surface area contributed by atoms with Gasteiger partial charge in [0.15, 0.2) is 0 Å². The molecule has 4 fully saturated rings. The molecule has 1 unspecified atom stereocenters. The average molecular weight is 1840 g/mol. The van der Waals surface area contributed by atoms with E-state index in [0.29, 0.717) is 105 Å². The van der Waals surface area contributed by atoms with E-state index in [1.807, 2.05) is 167 Å². The zero-order chi connectivity index (χ0) is 91.2. The number of rotatable bonds is 9. The number of fused-ring (bicyclic) bond motifs is 16. The maximum Gasteiger partial charge on any atom is 0.490 e. The van der Waals surface area contributed by atoms with Crippen molar-refractivity contribution in [2.75, 3.05) is 31.1 Å². The van der Waals surface area contributed by atoms with Crippen LogP contribution >= 0.6 is 45.9 Å². The van der Waals surface area contributed by atoms with Crippen LogP contribution < -0.4 is 10.5 Å². The third-order valence-corrected chi connectivity index (χ3v) is 26.9. The lowest BCUT2D eigenvalue weighted by Crippen LogP contribution is -2.56. The zero-order valence-electron chi connectivity index (χ0n) is 69.8. The fraction of sp³-hybridized carbons (Fsp3) is 0.219. The van der Waals surface area contributed by atoms with Crippen molar-refractivity contribution >= 4 is 141 Å². The number of aromatic nitrogens is 14. The highest BCUT2D eigenvalue weighted by atomic mass is 35.5. The minimum atomic E-state index is -5.08. The van der Waals surface area contributed by atoms with Gasteiger partial charge in [0, 0.05) is 163 Å². The number of hydrogen-bond acceptors (Lipinski definition) is 19. The Labute approximate surface area is 764 Å². The van der Waals surface area contributed by atoms with Gasteiger partial charge in [0.05, 0.1) is 67.4 Å². The van der Waals surface area contributed by atoms with E-state index in [-0.39, 0.29) is 34.8 Å². The molecule has 17 aromatic rings. The monoisotopic (exact) mass is 1840 g/mol. The number of carbonyl (C=O) groups excluding carboxylic acids is 4. The summed E-state index contributed by atoms with van der Waals surface area (Å²) in [7, 11) is 0. The second-order valence-corrected chi connectivity index (χ2v) is 35.2. The molecule has 4 aromatic carbocycles. The van der Waals surface area contributed by atoms with Gasteiger partial charge < -0.3 is 47.0 Å². The lowest BCUT2D eigenvalue weighted by atomic mass is 9.97. The van der Waals surface area contributed by atoms with Crippen LogP contribution in [0, 0.1) is 46.7 Å². The van der Waals surface area contributed by atoms with Crippen LogP contribution in [0.1, 0.15) is 115 Å². The van der Waals surface area contributed by atoms with E-state index in [9.17, 15) is 41.5 Å². The van der Waals surface area contributed by atoms with Crippen LogP contribution in [0.3, 0.4) is 0 Å². The first-order valence-corrected chi connectivity index (χ1v) is 44.9. The van der Waals surface area contributed by atoms with Gasteiger partial charge in [-0.3, -0.25) is 43.8 Å². The highest BCUT2D eigenvalue weighted by Gasteiger charge is 2.45. The molecule has 656 valence electrons. The van der Waals surface area contributed by atoms with Crippen molar-refractivity contribution in [1.29, 1.82) is 15.8 Å². The number of hydrogen-bond donors (Lipinski definition) is 1. The topological polar surface area (TPSA) is 339 Å². The molecule has 13 aromatic heterocycles. The summed E-state index contributed by atoms with van der Waals surface area (Å²) in [5.74, 6) is -2.84. The first kappa shape index (κ1) is 85.0. The molecule has 36 heteroatoms.